The summed E-state index contributed by atoms with van der Waals surface area (Å²) in [5, 5.41) is 3.49. The number of halogens is 1. The first-order chi connectivity index (χ1) is 9.97. The Kier molecular flexibility index (Phi) is 7.32. The highest BCUT2D eigenvalue weighted by molar-refractivity contribution is 6.30. The summed E-state index contributed by atoms with van der Waals surface area (Å²) in [6.45, 7) is 3.46. The molecule has 1 aromatic rings. The third kappa shape index (κ3) is 5.81. The molecule has 5 nitrogen and oxygen atoms in total. The minimum absolute atomic E-state index is 0.224. The van der Waals surface area contributed by atoms with Crippen LogP contribution >= 0.6 is 11.6 Å². The van der Waals surface area contributed by atoms with Crippen LogP contribution in [0.3, 0.4) is 0 Å². The normalized spacial score (nSPS) is 13.8. The number of hydrogen-bond donors (Lipinski definition) is 0. The topological polar surface area (TPSA) is 65.0 Å². The van der Waals surface area contributed by atoms with Crippen molar-refractivity contribution in [1.82, 2.24) is 0 Å². The first-order valence-corrected chi connectivity index (χ1v) is 7.17. The van der Waals surface area contributed by atoms with Crippen molar-refractivity contribution < 1.29 is 14.3 Å². The summed E-state index contributed by atoms with van der Waals surface area (Å²) in [7, 11) is 1.58. The molecule has 1 rings (SSSR count). The highest BCUT2D eigenvalue weighted by Gasteiger charge is 2.24. The number of methoxy groups -OCH3 is 1. The van der Waals surface area contributed by atoms with Crippen LogP contribution in [0.5, 0.6) is 0 Å². The smallest absolute Gasteiger partial charge is 0.334 e. The Morgan fingerprint density at radius 2 is 1.86 bits per heavy atom. The second kappa shape index (κ2) is 8.74. The molecule has 0 aliphatic rings. The summed E-state index contributed by atoms with van der Waals surface area (Å²) < 4.78 is 10.4. The summed E-state index contributed by atoms with van der Waals surface area (Å²) >= 11 is 5.84. The molecule has 0 aromatic heterocycles. The number of benzene rings is 1. The molecule has 0 saturated heterocycles. The van der Waals surface area contributed by atoms with Gasteiger partial charge in [0.15, 0.2) is 6.04 Å². The molecule has 0 bridgehead atoms. The molecule has 0 heterocycles. The highest BCUT2D eigenvalue weighted by atomic mass is 35.5. The van der Waals surface area contributed by atoms with Gasteiger partial charge in [-0.25, -0.2) is 4.79 Å². The van der Waals surface area contributed by atoms with Gasteiger partial charge in [0.05, 0.1) is 12.2 Å². The van der Waals surface area contributed by atoms with E-state index in [1.54, 1.807) is 33.1 Å². The van der Waals surface area contributed by atoms with Crippen LogP contribution in [0.4, 0.5) is 0 Å². The van der Waals surface area contributed by atoms with E-state index in [1.807, 2.05) is 12.1 Å². The average molecular weight is 314 g/mol. The minimum atomic E-state index is -1.00. The molecule has 2 unspecified atom stereocenters. The average Bonchev–Trinajstić information content (AvgIpc) is 2.44. The van der Waals surface area contributed by atoms with E-state index < -0.39 is 12.0 Å². The predicted molar refractivity (Wildman–Crippen MR) is 81.2 cm³/mol. The fourth-order valence-corrected chi connectivity index (χ4v) is 2.06. The number of carbonyl (C=O) groups excluding carboxylic acids is 1. The molecule has 0 saturated carbocycles. The molecule has 0 amide bonds. The zero-order valence-electron chi connectivity index (χ0n) is 12.4. The van der Waals surface area contributed by atoms with Crippen LogP contribution in [0.15, 0.2) is 29.4 Å². The van der Waals surface area contributed by atoms with Crippen molar-refractivity contribution >= 4 is 17.6 Å². The number of hydrogen-bond acceptors (Lipinski definition) is 5. The van der Waals surface area contributed by atoms with Crippen molar-refractivity contribution in [2.24, 2.45) is 5.18 Å². The van der Waals surface area contributed by atoms with E-state index >= 15 is 0 Å². The van der Waals surface area contributed by atoms with E-state index in [1.165, 1.54) is 0 Å². The number of ether oxygens (including phenoxy) is 2. The van der Waals surface area contributed by atoms with Gasteiger partial charge in [-0.2, -0.15) is 0 Å². The fourth-order valence-electron chi connectivity index (χ4n) is 1.93. The second-order valence-corrected chi connectivity index (χ2v) is 5.40. The molecule has 0 N–H and O–H groups in total. The number of nitrogens with zero attached hydrogens (tertiary/aromatic N) is 1. The van der Waals surface area contributed by atoms with Crippen LogP contribution < -0.4 is 0 Å². The fraction of sp³-hybridized carbons (Fsp3) is 0.533. The molecule has 0 radical (unpaired) electrons. The van der Waals surface area contributed by atoms with Gasteiger partial charge in [0.25, 0.3) is 0 Å². The Morgan fingerprint density at radius 1 is 1.24 bits per heavy atom. The first kappa shape index (κ1) is 17.6. The molecule has 116 valence electrons. The maximum atomic E-state index is 11.7. The molecular formula is C15H20ClNO4. The van der Waals surface area contributed by atoms with Gasteiger partial charge in [0.1, 0.15) is 0 Å². The van der Waals surface area contributed by atoms with Crippen molar-refractivity contribution in [3.8, 4) is 0 Å². The Balaban J connectivity index is 2.62. The van der Waals surface area contributed by atoms with Crippen LogP contribution in [0.2, 0.25) is 5.02 Å². The Labute approximate surface area is 129 Å². The SMILES string of the molecule is COC(CCC(N=O)C(=O)OC(C)C)c1ccc(Cl)cc1. The molecular weight excluding hydrogens is 294 g/mol. The molecule has 2 atom stereocenters. The predicted octanol–water partition coefficient (Wildman–Crippen LogP) is 3.89. The van der Waals surface area contributed by atoms with Crippen molar-refractivity contribution in [2.75, 3.05) is 7.11 Å². The van der Waals surface area contributed by atoms with Crippen LogP contribution in [0.25, 0.3) is 0 Å². The van der Waals surface area contributed by atoms with Crippen LogP contribution in [0, 0.1) is 4.91 Å². The van der Waals surface area contributed by atoms with E-state index in [4.69, 9.17) is 21.1 Å². The minimum Gasteiger partial charge on any atom is -0.461 e. The van der Waals surface area contributed by atoms with E-state index in [0.717, 1.165) is 5.56 Å². The Morgan fingerprint density at radius 3 is 2.33 bits per heavy atom. The Bertz CT molecular complexity index is 461. The first-order valence-electron chi connectivity index (χ1n) is 6.79. The molecule has 0 spiro atoms. The Hall–Kier alpha value is -1.46. The summed E-state index contributed by atoms with van der Waals surface area (Å²) in [6.07, 6.45) is 0.271. The van der Waals surface area contributed by atoms with Crippen molar-refractivity contribution in [2.45, 2.75) is 44.9 Å². The zero-order valence-corrected chi connectivity index (χ0v) is 13.2. The molecule has 0 aliphatic heterocycles. The summed E-state index contributed by atoms with van der Waals surface area (Å²) in [4.78, 5) is 22.5. The van der Waals surface area contributed by atoms with Crippen LogP contribution in [-0.2, 0) is 14.3 Å². The maximum absolute atomic E-state index is 11.7. The number of esters is 1. The molecule has 0 fully saturated rings. The molecule has 6 heteroatoms. The largest absolute Gasteiger partial charge is 0.461 e. The van der Waals surface area contributed by atoms with Crippen molar-refractivity contribution in [3.63, 3.8) is 0 Å². The lowest BCUT2D eigenvalue weighted by Crippen LogP contribution is -2.24. The van der Waals surface area contributed by atoms with Crippen molar-refractivity contribution in [1.29, 1.82) is 0 Å². The lowest BCUT2D eigenvalue weighted by atomic mass is 10.0. The van der Waals surface area contributed by atoms with Crippen molar-refractivity contribution in [3.05, 3.63) is 39.8 Å². The zero-order chi connectivity index (χ0) is 15.8. The van der Waals surface area contributed by atoms with Crippen LogP contribution in [-0.4, -0.2) is 25.2 Å². The molecule has 1 aromatic carbocycles. The number of carbonyl (C=O) groups is 1. The van der Waals surface area contributed by atoms with Gasteiger partial charge in [-0.05, 0) is 44.4 Å². The molecule has 0 aliphatic carbocycles. The van der Waals surface area contributed by atoms with E-state index in [0.29, 0.717) is 11.4 Å². The standard InChI is InChI=1S/C15H20ClNO4/c1-10(2)21-15(18)13(17-19)8-9-14(20-3)11-4-6-12(16)7-5-11/h4-7,10,13-14H,8-9H2,1-3H3. The second-order valence-electron chi connectivity index (χ2n) is 4.96. The third-order valence-electron chi connectivity index (χ3n) is 2.98. The van der Waals surface area contributed by atoms with E-state index in [-0.39, 0.29) is 18.6 Å². The number of nitroso groups, excluding NO2 is 1. The summed E-state index contributed by atoms with van der Waals surface area (Å²) in [5.74, 6) is -0.592. The lowest BCUT2D eigenvalue weighted by Gasteiger charge is -2.17. The van der Waals surface area contributed by atoms with Gasteiger partial charge in [0, 0.05) is 12.1 Å². The van der Waals surface area contributed by atoms with Gasteiger partial charge < -0.3 is 9.47 Å². The quantitative estimate of drug-likeness (QED) is 0.539. The van der Waals surface area contributed by atoms with Gasteiger partial charge in [-0.1, -0.05) is 28.9 Å². The summed E-state index contributed by atoms with van der Waals surface area (Å²) in [5.41, 5.74) is 0.934. The van der Waals surface area contributed by atoms with E-state index in [2.05, 4.69) is 5.18 Å². The van der Waals surface area contributed by atoms with Gasteiger partial charge in [0.2, 0.25) is 0 Å². The van der Waals surface area contributed by atoms with Gasteiger partial charge >= 0.3 is 5.97 Å². The van der Waals surface area contributed by atoms with E-state index in [9.17, 15) is 9.70 Å². The van der Waals surface area contributed by atoms with Gasteiger partial charge in [-0.3, -0.25) is 0 Å². The van der Waals surface area contributed by atoms with Gasteiger partial charge in [-0.15, -0.1) is 4.91 Å². The monoisotopic (exact) mass is 313 g/mol. The molecule has 21 heavy (non-hydrogen) atoms. The summed E-state index contributed by atoms with van der Waals surface area (Å²) in [6, 6.07) is 6.24. The highest BCUT2D eigenvalue weighted by Crippen LogP contribution is 2.25. The maximum Gasteiger partial charge on any atom is 0.334 e. The number of rotatable bonds is 8. The third-order valence-corrected chi connectivity index (χ3v) is 3.23. The lowest BCUT2D eigenvalue weighted by molar-refractivity contribution is -0.149. The van der Waals surface area contributed by atoms with Crippen LogP contribution in [0.1, 0.15) is 38.4 Å².